The summed E-state index contributed by atoms with van der Waals surface area (Å²) in [6, 6.07) is 0. The molecule has 0 aromatic carbocycles. The quantitative estimate of drug-likeness (QED) is 0.734. The average molecular weight is 265 g/mol. The van der Waals surface area contributed by atoms with Crippen LogP contribution in [0.4, 0.5) is 0 Å². The lowest BCUT2D eigenvalue weighted by Gasteiger charge is -2.15. The normalized spacial score (nSPS) is 26.3. The Morgan fingerprint density at radius 1 is 1.47 bits per heavy atom. The summed E-state index contributed by atoms with van der Waals surface area (Å²) in [7, 11) is 0. The van der Waals surface area contributed by atoms with Crippen molar-refractivity contribution < 1.29 is 14.7 Å². The molecule has 6 nitrogen and oxygen atoms in total. The highest BCUT2D eigenvalue weighted by Gasteiger charge is 2.40. The number of hydrogen-bond acceptors (Lipinski definition) is 3. The van der Waals surface area contributed by atoms with Crippen LogP contribution in [0.3, 0.4) is 0 Å². The van der Waals surface area contributed by atoms with Gasteiger partial charge in [0.25, 0.3) is 0 Å². The summed E-state index contributed by atoms with van der Waals surface area (Å²) in [4.78, 5) is 30.0. The molecule has 0 spiro atoms. The zero-order valence-electron chi connectivity index (χ0n) is 10.9. The number of carboxylic acids is 1. The highest BCUT2D eigenvalue weighted by molar-refractivity contribution is 5.85. The van der Waals surface area contributed by atoms with Crippen molar-refractivity contribution in [2.75, 3.05) is 6.54 Å². The molecule has 0 saturated heterocycles. The van der Waals surface area contributed by atoms with E-state index in [2.05, 4.69) is 15.3 Å². The van der Waals surface area contributed by atoms with Crippen LogP contribution in [0.2, 0.25) is 0 Å². The van der Waals surface area contributed by atoms with Crippen molar-refractivity contribution >= 4 is 11.9 Å². The number of carboxylic acid groups (broad SMARTS) is 1. The van der Waals surface area contributed by atoms with Crippen molar-refractivity contribution in [2.45, 2.75) is 26.2 Å². The number of carbonyl (C=O) groups is 2. The summed E-state index contributed by atoms with van der Waals surface area (Å²) in [5.74, 6) is -1.64. The Kier molecular flexibility index (Phi) is 4.19. The van der Waals surface area contributed by atoms with Crippen molar-refractivity contribution in [2.24, 2.45) is 17.8 Å². The van der Waals surface area contributed by atoms with E-state index in [9.17, 15) is 9.59 Å². The standard InChI is InChI=1S/C13H19N3O3/c1-8-4-10(11(5-8)13(18)19)12(17)15-3-2-9-6-14-7-16-9/h6-8,10-11H,2-5H2,1H3,(H,14,16)(H,15,17)(H,18,19)/t8?,10-,11+/m0/s1. The van der Waals surface area contributed by atoms with E-state index in [1.165, 1.54) is 0 Å². The average Bonchev–Trinajstić information content (AvgIpc) is 2.98. The number of hydrogen-bond donors (Lipinski definition) is 3. The molecule has 3 N–H and O–H groups in total. The zero-order chi connectivity index (χ0) is 13.8. The number of nitrogens with one attached hydrogen (secondary N) is 2. The molecular formula is C13H19N3O3. The van der Waals surface area contributed by atoms with Crippen LogP contribution in [0, 0.1) is 17.8 Å². The molecule has 1 heterocycles. The monoisotopic (exact) mass is 265 g/mol. The molecule has 1 aliphatic carbocycles. The molecule has 1 fully saturated rings. The van der Waals surface area contributed by atoms with Crippen molar-refractivity contribution in [3.05, 3.63) is 18.2 Å². The second-order valence-electron chi connectivity index (χ2n) is 5.25. The summed E-state index contributed by atoms with van der Waals surface area (Å²) in [5, 5.41) is 12.0. The first-order valence-corrected chi connectivity index (χ1v) is 6.55. The highest BCUT2D eigenvalue weighted by Crippen LogP contribution is 2.36. The summed E-state index contributed by atoms with van der Waals surface area (Å²) in [5.41, 5.74) is 0.954. The second kappa shape index (κ2) is 5.86. The third kappa shape index (κ3) is 3.33. The third-order valence-electron chi connectivity index (χ3n) is 3.70. The van der Waals surface area contributed by atoms with E-state index in [0.717, 1.165) is 5.69 Å². The van der Waals surface area contributed by atoms with Gasteiger partial charge in [-0.25, -0.2) is 4.98 Å². The minimum absolute atomic E-state index is 0.142. The minimum Gasteiger partial charge on any atom is -0.481 e. The topological polar surface area (TPSA) is 95.1 Å². The van der Waals surface area contributed by atoms with Crippen LogP contribution in [-0.4, -0.2) is 33.5 Å². The van der Waals surface area contributed by atoms with E-state index in [0.29, 0.717) is 31.7 Å². The van der Waals surface area contributed by atoms with Gasteiger partial charge in [0, 0.05) is 24.9 Å². The van der Waals surface area contributed by atoms with Gasteiger partial charge in [0.05, 0.1) is 18.2 Å². The van der Waals surface area contributed by atoms with Crippen LogP contribution in [0.5, 0.6) is 0 Å². The molecule has 6 heteroatoms. The van der Waals surface area contributed by atoms with Crippen molar-refractivity contribution in [3.8, 4) is 0 Å². The first-order chi connectivity index (χ1) is 9.08. The lowest BCUT2D eigenvalue weighted by Crippen LogP contribution is -2.36. The number of H-pyrrole nitrogens is 1. The molecule has 1 aromatic heterocycles. The number of aliphatic carboxylic acids is 1. The SMILES string of the molecule is CC1C[C@H](C(=O)NCCc2cnc[nH]2)[C@H](C(=O)O)C1. The van der Waals surface area contributed by atoms with E-state index in [1.807, 2.05) is 6.92 Å². The highest BCUT2D eigenvalue weighted by atomic mass is 16.4. The molecule has 3 atom stereocenters. The van der Waals surface area contributed by atoms with Gasteiger partial charge in [0.1, 0.15) is 0 Å². The van der Waals surface area contributed by atoms with E-state index in [4.69, 9.17) is 5.11 Å². The van der Waals surface area contributed by atoms with Gasteiger partial charge in [-0.1, -0.05) is 6.92 Å². The maximum atomic E-state index is 12.0. The van der Waals surface area contributed by atoms with E-state index >= 15 is 0 Å². The predicted octanol–water partition coefficient (Wildman–Crippen LogP) is 0.815. The molecule has 1 aliphatic rings. The molecule has 104 valence electrons. The van der Waals surface area contributed by atoms with Gasteiger partial charge >= 0.3 is 5.97 Å². The Bertz CT molecular complexity index is 444. The zero-order valence-corrected chi connectivity index (χ0v) is 10.9. The van der Waals surface area contributed by atoms with Crippen molar-refractivity contribution in [1.29, 1.82) is 0 Å². The molecular weight excluding hydrogens is 246 g/mol. The fourth-order valence-electron chi connectivity index (χ4n) is 2.73. The molecule has 0 radical (unpaired) electrons. The summed E-state index contributed by atoms with van der Waals surface area (Å²) in [6.07, 6.45) is 5.23. The summed E-state index contributed by atoms with van der Waals surface area (Å²) in [6.45, 7) is 2.49. The van der Waals surface area contributed by atoms with Crippen LogP contribution >= 0.6 is 0 Å². The fraction of sp³-hybridized carbons (Fsp3) is 0.615. The first-order valence-electron chi connectivity index (χ1n) is 6.55. The van der Waals surface area contributed by atoms with Gasteiger partial charge in [-0.05, 0) is 18.8 Å². The van der Waals surface area contributed by atoms with Gasteiger partial charge in [-0.3, -0.25) is 9.59 Å². The number of aromatic amines is 1. The summed E-state index contributed by atoms with van der Waals surface area (Å²) < 4.78 is 0. The molecule has 1 amide bonds. The van der Waals surface area contributed by atoms with Crippen molar-refractivity contribution in [1.82, 2.24) is 15.3 Å². The number of rotatable bonds is 5. The fourth-order valence-corrected chi connectivity index (χ4v) is 2.73. The second-order valence-corrected chi connectivity index (χ2v) is 5.25. The molecule has 19 heavy (non-hydrogen) atoms. The Hall–Kier alpha value is -1.85. The molecule has 1 unspecified atom stereocenters. The lowest BCUT2D eigenvalue weighted by atomic mass is 9.95. The van der Waals surface area contributed by atoms with E-state index in [1.54, 1.807) is 12.5 Å². The van der Waals surface area contributed by atoms with Gasteiger partial charge < -0.3 is 15.4 Å². The third-order valence-corrected chi connectivity index (χ3v) is 3.70. The van der Waals surface area contributed by atoms with Gasteiger partial charge in [0.2, 0.25) is 5.91 Å². The number of carbonyl (C=O) groups excluding carboxylic acids is 1. The Labute approximate surface area is 111 Å². The molecule has 1 aromatic rings. The Morgan fingerprint density at radius 2 is 2.21 bits per heavy atom. The van der Waals surface area contributed by atoms with E-state index in [-0.39, 0.29) is 5.91 Å². The molecule has 0 aliphatic heterocycles. The molecule has 2 rings (SSSR count). The number of imidazole rings is 1. The molecule has 1 saturated carbocycles. The molecule has 0 bridgehead atoms. The minimum atomic E-state index is -0.863. The Morgan fingerprint density at radius 3 is 2.84 bits per heavy atom. The van der Waals surface area contributed by atoms with Gasteiger partial charge in [-0.15, -0.1) is 0 Å². The van der Waals surface area contributed by atoms with Crippen LogP contribution in [0.25, 0.3) is 0 Å². The van der Waals surface area contributed by atoms with Crippen LogP contribution in [0.1, 0.15) is 25.5 Å². The smallest absolute Gasteiger partial charge is 0.307 e. The van der Waals surface area contributed by atoms with Crippen LogP contribution in [0.15, 0.2) is 12.5 Å². The van der Waals surface area contributed by atoms with Crippen molar-refractivity contribution in [3.63, 3.8) is 0 Å². The van der Waals surface area contributed by atoms with Gasteiger partial charge in [0.15, 0.2) is 0 Å². The predicted molar refractivity (Wildman–Crippen MR) is 68.3 cm³/mol. The number of aromatic nitrogens is 2. The van der Waals surface area contributed by atoms with Gasteiger partial charge in [-0.2, -0.15) is 0 Å². The van der Waals surface area contributed by atoms with E-state index < -0.39 is 17.8 Å². The first kappa shape index (κ1) is 13.6. The largest absolute Gasteiger partial charge is 0.481 e. The summed E-state index contributed by atoms with van der Waals surface area (Å²) >= 11 is 0. The van der Waals surface area contributed by atoms with Crippen LogP contribution < -0.4 is 5.32 Å². The number of amides is 1. The maximum absolute atomic E-state index is 12.0. The lowest BCUT2D eigenvalue weighted by molar-refractivity contribution is -0.146. The maximum Gasteiger partial charge on any atom is 0.307 e. The van der Waals surface area contributed by atoms with Crippen LogP contribution in [-0.2, 0) is 16.0 Å². The Balaban J connectivity index is 1.83. The number of nitrogens with zero attached hydrogens (tertiary/aromatic N) is 1.